The van der Waals surface area contributed by atoms with Gasteiger partial charge < -0.3 is 15.5 Å². The molecule has 0 radical (unpaired) electrons. The molecule has 1 rings (SSSR count). The molecule has 0 aromatic carbocycles. The maximum atomic E-state index is 11.4. The summed E-state index contributed by atoms with van der Waals surface area (Å²) in [6.45, 7) is 0. The molecule has 16 heavy (non-hydrogen) atoms. The van der Waals surface area contributed by atoms with Gasteiger partial charge in [-0.15, -0.1) is 0 Å². The van der Waals surface area contributed by atoms with Gasteiger partial charge in [-0.1, -0.05) is 47.6 Å². The minimum atomic E-state index is -2.04. The van der Waals surface area contributed by atoms with Crippen molar-refractivity contribution >= 4 is 40.7 Å². The van der Waals surface area contributed by atoms with E-state index in [1.165, 1.54) is 0 Å². The summed E-state index contributed by atoms with van der Waals surface area (Å²) in [4.78, 5) is 11.4. The summed E-state index contributed by atoms with van der Waals surface area (Å²) in [5.74, 6) is -0.782. The third-order valence-corrected chi connectivity index (χ3v) is 3.16. The number of rotatable bonds is 1. The van der Waals surface area contributed by atoms with Crippen LogP contribution >= 0.6 is 34.8 Å². The Morgan fingerprint density at radius 1 is 1.19 bits per heavy atom. The molecule has 0 spiro atoms. The third kappa shape index (κ3) is 3.93. The van der Waals surface area contributed by atoms with Crippen molar-refractivity contribution in [3.63, 3.8) is 0 Å². The van der Waals surface area contributed by atoms with Crippen molar-refractivity contribution in [1.29, 1.82) is 0 Å². The van der Waals surface area contributed by atoms with E-state index in [9.17, 15) is 15.0 Å². The highest BCUT2D eigenvalue weighted by Gasteiger charge is 2.36. The van der Waals surface area contributed by atoms with Gasteiger partial charge in [-0.05, 0) is 12.8 Å². The number of nitrogens with one attached hydrogen (secondary N) is 1. The Morgan fingerprint density at radius 2 is 1.75 bits per heavy atom. The zero-order valence-electron chi connectivity index (χ0n) is 8.50. The molecule has 0 unspecified atom stereocenters. The van der Waals surface area contributed by atoms with Crippen LogP contribution in [0.3, 0.4) is 0 Å². The van der Waals surface area contributed by atoms with Crippen LogP contribution in [-0.4, -0.2) is 38.2 Å². The monoisotopic (exact) mass is 289 g/mol. The Morgan fingerprint density at radius 3 is 2.31 bits per heavy atom. The van der Waals surface area contributed by atoms with Gasteiger partial charge in [-0.3, -0.25) is 4.79 Å². The van der Waals surface area contributed by atoms with Gasteiger partial charge in [0.15, 0.2) is 0 Å². The van der Waals surface area contributed by atoms with Crippen LogP contribution in [0.25, 0.3) is 0 Å². The average Bonchev–Trinajstić information content (AvgIpc) is 2.32. The second-order valence-electron chi connectivity index (χ2n) is 3.92. The topological polar surface area (TPSA) is 69.6 Å². The van der Waals surface area contributed by atoms with Crippen LogP contribution in [-0.2, 0) is 4.79 Å². The first-order chi connectivity index (χ1) is 7.32. The first-order valence-electron chi connectivity index (χ1n) is 5.06. The molecule has 0 aromatic rings. The van der Waals surface area contributed by atoms with Gasteiger partial charge in [0.1, 0.15) is 0 Å². The fourth-order valence-corrected chi connectivity index (χ4v) is 1.90. The minimum Gasteiger partial charge on any atom is -0.390 e. The number of hydrogen-bond donors (Lipinski definition) is 3. The molecule has 1 aliphatic rings. The molecule has 94 valence electrons. The molecule has 0 bridgehead atoms. The Bertz CT molecular complexity index is 257. The van der Waals surface area contributed by atoms with E-state index in [1.807, 2.05) is 0 Å². The maximum Gasteiger partial charge on any atom is 0.272 e. The van der Waals surface area contributed by atoms with Crippen molar-refractivity contribution in [3.8, 4) is 0 Å². The lowest BCUT2D eigenvalue weighted by atomic mass is 10.0. The predicted molar refractivity (Wildman–Crippen MR) is 62.7 cm³/mol. The van der Waals surface area contributed by atoms with Gasteiger partial charge in [-0.2, -0.15) is 0 Å². The molecule has 0 aliphatic heterocycles. The highest BCUT2D eigenvalue weighted by molar-refractivity contribution is 6.76. The lowest BCUT2D eigenvalue weighted by molar-refractivity contribution is -0.122. The van der Waals surface area contributed by atoms with E-state index in [1.54, 1.807) is 0 Å². The van der Waals surface area contributed by atoms with Gasteiger partial charge >= 0.3 is 0 Å². The quantitative estimate of drug-likeness (QED) is 0.501. The van der Waals surface area contributed by atoms with E-state index in [0.717, 1.165) is 12.8 Å². The van der Waals surface area contributed by atoms with Gasteiger partial charge in [0.05, 0.1) is 18.2 Å². The van der Waals surface area contributed by atoms with E-state index in [4.69, 9.17) is 34.8 Å². The molecule has 3 atom stereocenters. The standard InChI is InChI=1S/C9H14Cl3NO3/c10-9(11,12)8(16)13-5-3-1-2-4-6(14)7(5)15/h5-7,14-15H,1-4H2,(H,13,16)/t5-,6+,7-/m0/s1. The molecule has 1 saturated carbocycles. The molecule has 3 N–H and O–H groups in total. The maximum absolute atomic E-state index is 11.4. The summed E-state index contributed by atoms with van der Waals surface area (Å²) >= 11 is 16.2. The zero-order chi connectivity index (χ0) is 12.3. The number of carbonyl (C=O) groups excluding carboxylic acids is 1. The van der Waals surface area contributed by atoms with Crippen molar-refractivity contribution in [2.24, 2.45) is 0 Å². The third-order valence-electron chi connectivity index (χ3n) is 2.65. The molecular weight excluding hydrogens is 276 g/mol. The molecule has 1 amide bonds. The van der Waals surface area contributed by atoms with E-state index in [2.05, 4.69) is 5.32 Å². The summed E-state index contributed by atoms with van der Waals surface area (Å²) in [5, 5.41) is 21.7. The van der Waals surface area contributed by atoms with E-state index in [-0.39, 0.29) is 0 Å². The SMILES string of the molecule is O=C(N[C@H]1CCCC[C@@H](O)[C@H]1O)C(Cl)(Cl)Cl. The van der Waals surface area contributed by atoms with Crippen LogP contribution in [0.1, 0.15) is 25.7 Å². The first-order valence-corrected chi connectivity index (χ1v) is 6.19. The van der Waals surface area contributed by atoms with Crippen LogP contribution in [0.15, 0.2) is 0 Å². The van der Waals surface area contributed by atoms with Gasteiger partial charge in [0.2, 0.25) is 0 Å². The number of aliphatic hydroxyl groups is 2. The Balaban J connectivity index is 2.61. The van der Waals surface area contributed by atoms with Crippen LogP contribution in [0.5, 0.6) is 0 Å². The Labute approximate surface area is 109 Å². The van der Waals surface area contributed by atoms with Crippen molar-refractivity contribution in [1.82, 2.24) is 5.32 Å². The van der Waals surface area contributed by atoms with Crippen LogP contribution in [0.2, 0.25) is 0 Å². The van der Waals surface area contributed by atoms with Gasteiger partial charge in [0.25, 0.3) is 9.70 Å². The second kappa shape index (κ2) is 5.74. The van der Waals surface area contributed by atoms with E-state index >= 15 is 0 Å². The molecular formula is C9H14Cl3NO3. The Kier molecular flexibility index (Phi) is 5.13. The van der Waals surface area contributed by atoms with Gasteiger partial charge in [-0.25, -0.2) is 0 Å². The first kappa shape index (κ1) is 14.3. The zero-order valence-corrected chi connectivity index (χ0v) is 10.8. The van der Waals surface area contributed by atoms with Crippen LogP contribution in [0.4, 0.5) is 0 Å². The number of amides is 1. The summed E-state index contributed by atoms with van der Waals surface area (Å²) in [6.07, 6.45) is 0.825. The lowest BCUT2D eigenvalue weighted by Crippen LogP contribution is -2.50. The number of halogens is 3. The highest BCUT2D eigenvalue weighted by atomic mass is 35.6. The predicted octanol–water partition coefficient (Wildman–Crippen LogP) is 1.14. The molecule has 7 heteroatoms. The molecule has 0 saturated heterocycles. The summed E-state index contributed by atoms with van der Waals surface area (Å²) in [5.41, 5.74) is 0. The number of carbonyl (C=O) groups is 1. The largest absolute Gasteiger partial charge is 0.390 e. The lowest BCUT2D eigenvalue weighted by Gasteiger charge is -2.26. The van der Waals surface area contributed by atoms with Crippen molar-refractivity contribution < 1.29 is 15.0 Å². The number of aliphatic hydroxyl groups excluding tert-OH is 2. The van der Waals surface area contributed by atoms with E-state index in [0.29, 0.717) is 12.8 Å². The minimum absolute atomic E-state index is 0.515. The molecule has 1 fully saturated rings. The average molecular weight is 291 g/mol. The molecule has 1 aliphatic carbocycles. The van der Waals surface area contributed by atoms with Gasteiger partial charge in [0, 0.05) is 0 Å². The fraction of sp³-hybridized carbons (Fsp3) is 0.889. The number of alkyl halides is 3. The van der Waals surface area contributed by atoms with Crippen molar-refractivity contribution in [3.05, 3.63) is 0 Å². The molecule has 0 heterocycles. The van der Waals surface area contributed by atoms with Crippen molar-refractivity contribution in [2.75, 3.05) is 0 Å². The molecule has 4 nitrogen and oxygen atoms in total. The van der Waals surface area contributed by atoms with Crippen molar-refractivity contribution in [2.45, 2.75) is 47.7 Å². The molecule has 0 aromatic heterocycles. The fourth-order valence-electron chi connectivity index (χ4n) is 1.74. The second-order valence-corrected chi connectivity index (χ2v) is 6.20. The van der Waals surface area contributed by atoms with Crippen LogP contribution < -0.4 is 5.32 Å². The normalized spacial score (nSPS) is 31.9. The summed E-state index contributed by atoms with van der Waals surface area (Å²) < 4.78 is -2.04. The summed E-state index contributed by atoms with van der Waals surface area (Å²) in [7, 11) is 0. The van der Waals surface area contributed by atoms with E-state index < -0.39 is 27.9 Å². The van der Waals surface area contributed by atoms with Crippen LogP contribution in [0, 0.1) is 0 Å². The Hall–Kier alpha value is 0.260. The highest BCUT2D eigenvalue weighted by Crippen LogP contribution is 2.27. The smallest absolute Gasteiger partial charge is 0.272 e. The summed E-state index contributed by atoms with van der Waals surface area (Å²) in [6, 6.07) is -0.569. The number of hydrogen-bond acceptors (Lipinski definition) is 3.